The molecule has 23 heavy (non-hydrogen) atoms. The molecular formula is C16H27N3O3S. The Morgan fingerprint density at radius 3 is 2.22 bits per heavy atom. The van der Waals surface area contributed by atoms with Crippen LogP contribution in [0, 0.1) is 13.8 Å². The number of carbonyl (C=O) groups excluding carboxylic acids is 1. The lowest BCUT2D eigenvalue weighted by atomic mass is 10.2. The molecule has 1 aromatic rings. The van der Waals surface area contributed by atoms with Crippen LogP contribution in [-0.2, 0) is 10.0 Å². The van der Waals surface area contributed by atoms with Crippen molar-refractivity contribution in [3.63, 3.8) is 0 Å². The quantitative estimate of drug-likeness (QED) is 0.882. The largest absolute Gasteiger partial charge is 0.353 e. The molecule has 1 aliphatic rings. The summed E-state index contributed by atoms with van der Waals surface area (Å²) in [6, 6.07) is -0.00355. The molecule has 6 nitrogen and oxygen atoms in total. The van der Waals surface area contributed by atoms with E-state index in [4.69, 9.17) is 0 Å². The van der Waals surface area contributed by atoms with Gasteiger partial charge in [-0.05, 0) is 46.1 Å². The van der Waals surface area contributed by atoms with Crippen LogP contribution in [0.5, 0.6) is 0 Å². The van der Waals surface area contributed by atoms with Crippen molar-refractivity contribution >= 4 is 15.9 Å². The summed E-state index contributed by atoms with van der Waals surface area (Å²) in [5.74, 6) is -0.266. The lowest BCUT2D eigenvalue weighted by Crippen LogP contribution is -2.33. The highest BCUT2D eigenvalue weighted by molar-refractivity contribution is 7.89. The third kappa shape index (κ3) is 3.77. The van der Waals surface area contributed by atoms with Gasteiger partial charge in [-0.15, -0.1) is 0 Å². The zero-order valence-corrected chi connectivity index (χ0v) is 15.2. The summed E-state index contributed by atoms with van der Waals surface area (Å²) in [5.41, 5.74) is 1.37. The summed E-state index contributed by atoms with van der Waals surface area (Å²) in [5, 5.41) is 2.80. The minimum Gasteiger partial charge on any atom is -0.353 e. The number of sulfonamides is 1. The minimum absolute atomic E-state index is 0.00355. The maximum absolute atomic E-state index is 13.0. The van der Waals surface area contributed by atoms with Gasteiger partial charge < -0.3 is 10.3 Å². The van der Waals surface area contributed by atoms with Crippen LogP contribution < -0.4 is 5.32 Å². The van der Waals surface area contributed by atoms with E-state index in [1.54, 1.807) is 18.2 Å². The van der Waals surface area contributed by atoms with Gasteiger partial charge in [0.05, 0.1) is 0 Å². The second-order valence-corrected chi connectivity index (χ2v) is 8.40. The number of carbonyl (C=O) groups is 1. The number of hydrogen-bond donors (Lipinski definition) is 2. The normalized spacial score (nSPS) is 17.3. The number of aromatic nitrogens is 1. The van der Waals surface area contributed by atoms with Gasteiger partial charge in [-0.2, -0.15) is 4.31 Å². The molecule has 130 valence electrons. The average Bonchev–Trinajstić information content (AvgIpc) is 2.66. The number of nitrogens with one attached hydrogen (secondary N) is 2. The molecule has 0 saturated carbocycles. The highest BCUT2D eigenvalue weighted by Gasteiger charge is 2.32. The maximum atomic E-state index is 13.0. The van der Waals surface area contributed by atoms with E-state index >= 15 is 0 Å². The average molecular weight is 341 g/mol. The zero-order valence-electron chi connectivity index (χ0n) is 14.4. The summed E-state index contributed by atoms with van der Waals surface area (Å²) in [7, 11) is -3.57. The number of hydrogen-bond acceptors (Lipinski definition) is 3. The Morgan fingerprint density at radius 1 is 1.13 bits per heavy atom. The van der Waals surface area contributed by atoms with Crippen LogP contribution in [0.4, 0.5) is 0 Å². The SMILES string of the molecule is Cc1[nH]c(C(=O)NC(C)C)c(C)c1S(=O)(=O)N1CCCCCC1. The summed E-state index contributed by atoms with van der Waals surface area (Å²) in [6.45, 7) is 8.27. The lowest BCUT2D eigenvalue weighted by molar-refractivity contribution is 0.0938. The number of aryl methyl sites for hydroxylation is 1. The van der Waals surface area contributed by atoms with Crippen LogP contribution in [0.2, 0.25) is 0 Å². The van der Waals surface area contributed by atoms with Crippen molar-refractivity contribution in [3.05, 3.63) is 17.0 Å². The molecule has 0 bridgehead atoms. The highest BCUT2D eigenvalue weighted by atomic mass is 32.2. The van der Waals surface area contributed by atoms with Gasteiger partial charge in [-0.3, -0.25) is 4.79 Å². The van der Waals surface area contributed by atoms with Gasteiger partial charge in [0.2, 0.25) is 10.0 Å². The predicted molar refractivity (Wildman–Crippen MR) is 90.1 cm³/mol. The van der Waals surface area contributed by atoms with Crippen molar-refractivity contribution in [1.82, 2.24) is 14.6 Å². The summed E-state index contributed by atoms with van der Waals surface area (Å²) < 4.78 is 27.6. The molecule has 0 radical (unpaired) electrons. The molecule has 0 atom stereocenters. The third-order valence-electron chi connectivity index (χ3n) is 4.18. The first kappa shape index (κ1) is 18.0. The van der Waals surface area contributed by atoms with Gasteiger partial charge >= 0.3 is 0 Å². The number of aromatic amines is 1. The lowest BCUT2D eigenvalue weighted by Gasteiger charge is -2.20. The molecule has 2 heterocycles. The van der Waals surface area contributed by atoms with Crippen LogP contribution in [0.25, 0.3) is 0 Å². The van der Waals surface area contributed by atoms with E-state index in [0.717, 1.165) is 25.7 Å². The molecule has 1 aliphatic heterocycles. The first-order valence-electron chi connectivity index (χ1n) is 8.25. The molecular weight excluding hydrogens is 314 g/mol. The molecule has 1 amide bonds. The van der Waals surface area contributed by atoms with E-state index in [1.165, 1.54) is 0 Å². The van der Waals surface area contributed by atoms with Gasteiger partial charge in [0, 0.05) is 24.8 Å². The van der Waals surface area contributed by atoms with Crippen LogP contribution in [0.1, 0.15) is 61.3 Å². The first-order chi connectivity index (χ1) is 10.7. The van der Waals surface area contributed by atoms with Gasteiger partial charge in [-0.25, -0.2) is 8.42 Å². The second-order valence-electron chi connectivity index (χ2n) is 6.53. The zero-order chi connectivity index (χ0) is 17.2. The van der Waals surface area contributed by atoms with Gasteiger partial charge in [0.15, 0.2) is 0 Å². The van der Waals surface area contributed by atoms with Crippen molar-refractivity contribution in [1.29, 1.82) is 0 Å². The van der Waals surface area contributed by atoms with Crippen LogP contribution >= 0.6 is 0 Å². The maximum Gasteiger partial charge on any atom is 0.268 e. The fraction of sp³-hybridized carbons (Fsp3) is 0.688. The summed E-state index contributed by atoms with van der Waals surface area (Å²) >= 11 is 0. The van der Waals surface area contributed by atoms with Gasteiger partial charge in [0.25, 0.3) is 5.91 Å². The summed E-state index contributed by atoms with van der Waals surface area (Å²) in [6.07, 6.45) is 3.92. The van der Waals surface area contributed by atoms with E-state index < -0.39 is 10.0 Å². The second kappa shape index (κ2) is 7.05. The van der Waals surface area contributed by atoms with Crippen LogP contribution in [0.15, 0.2) is 4.90 Å². The smallest absolute Gasteiger partial charge is 0.268 e. The number of nitrogens with zero attached hydrogens (tertiary/aromatic N) is 1. The minimum atomic E-state index is -3.57. The van der Waals surface area contributed by atoms with Crippen molar-refractivity contribution in [2.75, 3.05) is 13.1 Å². The Labute approximate surface area is 138 Å². The first-order valence-corrected chi connectivity index (χ1v) is 9.69. The topological polar surface area (TPSA) is 82.3 Å². The van der Waals surface area contributed by atoms with E-state index in [-0.39, 0.29) is 16.8 Å². The third-order valence-corrected chi connectivity index (χ3v) is 6.35. The number of amides is 1. The molecule has 1 fully saturated rings. The van der Waals surface area contributed by atoms with Crippen molar-refractivity contribution < 1.29 is 13.2 Å². The molecule has 2 N–H and O–H groups in total. The molecule has 7 heteroatoms. The van der Waals surface area contributed by atoms with E-state index in [2.05, 4.69) is 10.3 Å². The van der Waals surface area contributed by atoms with Gasteiger partial charge in [0.1, 0.15) is 10.6 Å². The molecule has 0 unspecified atom stereocenters. The highest BCUT2D eigenvalue weighted by Crippen LogP contribution is 2.28. The number of H-pyrrole nitrogens is 1. The van der Waals surface area contributed by atoms with Crippen molar-refractivity contribution in [2.24, 2.45) is 0 Å². The van der Waals surface area contributed by atoms with Gasteiger partial charge in [-0.1, -0.05) is 12.8 Å². The van der Waals surface area contributed by atoms with Crippen LogP contribution in [-0.4, -0.2) is 42.7 Å². The van der Waals surface area contributed by atoms with E-state index in [0.29, 0.717) is 30.0 Å². The Balaban J connectivity index is 2.39. The van der Waals surface area contributed by atoms with E-state index in [9.17, 15) is 13.2 Å². The standard InChI is InChI=1S/C16H27N3O3S/c1-11(2)17-16(20)14-12(3)15(13(4)18-14)23(21,22)19-9-7-5-6-8-10-19/h11,18H,5-10H2,1-4H3,(H,17,20). The van der Waals surface area contributed by atoms with Crippen molar-refractivity contribution in [3.8, 4) is 0 Å². The number of rotatable bonds is 4. The Kier molecular flexibility index (Phi) is 5.52. The Bertz CT molecular complexity index is 669. The van der Waals surface area contributed by atoms with Crippen molar-refractivity contribution in [2.45, 2.75) is 64.3 Å². The fourth-order valence-corrected chi connectivity index (χ4v) is 5.02. The predicted octanol–water partition coefficient (Wildman–Crippen LogP) is 2.33. The molecule has 2 rings (SSSR count). The fourth-order valence-electron chi connectivity index (χ4n) is 3.09. The molecule has 0 spiro atoms. The van der Waals surface area contributed by atoms with Crippen LogP contribution in [0.3, 0.4) is 0 Å². The summed E-state index contributed by atoms with van der Waals surface area (Å²) in [4.78, 5) is 15.5. The molecule has 0 aliphatic carbocycles. The molecule has 1 aromatic heterocycles. The molecule has 0 aromatic carbocycles. The monoisotopic (exact) mass is 341 g/mol. The van der Waals surface area contributed by atoms with E-state index in [1.807, 2.05) is 13.8 Å². The Hall–Kier alpha value is -1.34. The Morgan fingerprint density at radius 2 is 1.70 bits per heavy atom. The molecule has 1 saturated heterocycles.